The Morgan fingerprint density at radius 3 is 3.04 bits per heavy atom. The molecule has 25 heavy (non-hydrogen) atoms. The fourth-order valence-electron chi connectivity index (χ4n) is 3.36. The molecule has 3 aromatic rings. The zero-order valence-electron chi connectivity index (χ0n) is 13.9. The lowest BCUT2D eigenvalue weighted by atomic mass is 10.1. The van der Waals surface area contributed by atoms with Crippen molar-refractivity contribution in [2.24, 2.45) is 0 Å². The number of rotatable bonds is 4. The van der Waals surface area contributed by atoms with Gasteiger partial charge in [-0.2, -0.15) is 11.3 Å². The molecule has 3 aromatic heterocycles. The van der Waals surface area contributed by atoms with Gasteiger partial charge in [0.1, 0.15) is 5.69 Å². The average molecular weight is 373 g/mol. The zero-order chi connectivity index (χ0) is 17.1. The Morgan fingerprint density at radius 1 is 1.28 bits per heavy atom. The highest BCUT2D eigenvalue weighted by atomic mass is 32.1. The maximum Gasteiger partial charge on any atom is 0.227 e. The van der Waals surface area contributed by atoms with Crippen molar-refractivity contribution in [1.82, 2.24) is 10.1 Å². The van der Waals surface area contributed by atoms with Crippen molar-refractivity contribution in [3.63, 3.8) is 0 Å². The largest absolute Gasteiger partial charge is 0.355 e. The summed E-state index contributed by atoms with van der Waals surface area (Å²) in [5, 5.41) is 10.4. The first kappa shape index (κ1) is 16.5. The van der Waals surface area contributed by atoms with E-state index in [0.29, 0.717) is 6.42 Å². The second-order valence-corrected chi connectivity index (χ2v) is 8.08. The molecule has 4 rings (SSSR count). The number of carbonyl (C=O) groups is 1. The Kier molecular flexibility index (Phi) is 4.99. The minimum atomic E-state index is 0.0195. The molecule has 4 nitrogen and oxygen atoms in total. The number of likely N-dealkylation sites (tertiary alicyclic amines) is 1. The molecule has 0 N–H and O–H groups in total. The zero-order valence-corrected chi connectivity index (χ0v) is 15.5. The predicted molar refractivity (Wildman–Crippen MR) is 101 cm³/mol. The lowest BCUT2D eigenvalue weighted by molar-refractivity contribution is -0.133. The Bertz CT molecular complexity index is 808. The summed E-state index contributed by atoms with van der Waals surface area (Å²) in [6.07, 6.45) is 4.76. The summed E-state index contributed by atoms with van der Waals surface area (Å²) in [7, 11) is 0. The number of thiophene rings is 2. The number of amides is 1. The molecule has 1 fully saturated rings. The second kappa shape index (κ2) is 7.54. The fourth-order valence-corrected chi connectivity index (χ4v) is 4.71. The minimum absolute atomic E-state index is 0.0195. The highest BCUT2D eigenvalue weighted by Gasteiger charge is 2.29. The molecule has 1 atom stereocenters. The van der Waals surface area contributed by atoms with Gasteiger partial charge in [0, 0.05) is 12.6 Å². The molecule has 1 aliphatic rings. The first-order valence-electron chi connectivity index (χ1n) is 8.62. The molecule has 0 aromatic carbocycles. The lowest BCUT2D eigenvalue weighted by Crippen LogP contribution is -2.36. The third kappa shape index (κ3) is 3.70. The normalized spacial score (nSPS) is 18.2. The Labute approximate surface area is 155 Å². The number of hydrogen-bond acceptors (Lipinski definition) is 5. The van der Waals surface area contributed by atoms with Gasteiger partial charge in [-0.15, -0.1) is 11.3 Å². The summed E-state index contributed by atoms with van der Waals surface area (Å²) < 4.78 is 5.56. The van der Waals surface area contributed by atoms with Crippen molar-refractivity contribution in [3.8, 4) is 10.6 Å². The van der Waals surface area contributed by atoms with E-state index in [1.165, 1.54) is 0 Å². The molecule has 0 spiro atoms. The minimum Gasteiger partial charge on any atom is -0.355 e. The van der Waals surface area contributed by atoms with Crippen LogP contribution in [0.25, 0.3) is 10.6 Å². The summed E-state index contributed by atoms with van der Waals surface area (Å²) in [4.78, 5) is 16.0. The summed E-state index contributed by atoms with van der Waals surface area (Å²) in [5.74, 6) is 0.977. The van der Waals surface area contributed by atoms with Crippen molar-refractivity contribution in [2.75, 3.05) is 6.54 Å². The second-order valence-electron chi connectivity index (χ2n) is 6.35. The molecule has 0 saturated carbocycles. The molecular weight excluding hydrogens is 352 g/mol. The third-order valence-electron chi connectivity index (χ3n) is 4.64. The van der Waals surface area contributed by atoms with Crippen LogP contribution in [-0.2, 0) is 11.2 Å². The molecular formula is C19H20N2O2S2. The Morgan fingerprint density at radius 2 is 2.24 bits per heavy atom. The van der Waals surface area contributed by atoms with Gasteiger partial charge in [-0.25, -0.2) is 0 Å². The van der Waals surface area contributed by atoms with E-state index in [1.54, 1.807) is 22.7 Å². The molecule has 6 heteroatoms. The first-order chi connectivity index (χ1) is 12.3. The van der Waals surface area contributed by atoms with Crippen LogP contribution in [0.15, 0.2) is 44.9 Å². The van der Waals surface area contributed by atoms with Crippen LogP contribution >= 0.6 is 22.7 Å². The van der Waals surface area contributed by atoms with Gasteiger partial charge in [0.2, 0.25) is 5.91 Å². The van der Waals surface area contributed by atoms with E-state index in [0.717, 1.165) is 54.1 Å². The van der Waals surface area contributed by atoms with Gasteiger partial charge in [-0.05, 0) is 46.7 Å². The molecule has 0 radical (unpaired) electrons. The summed E-state index contributed by atoms with van der Waals surface area (Å²) >= 11 is 3.27. The van der Waals surface area contributed by atoms with E-state index in [9.17, 15) is 4.79 Å². The fraction of sp³-hybridized carbons (Fsp3) is 0.368. The molecule has 4 heterocycles. The summed E-state index contributed by atoms with van der Waals surface area (Å²) in [5.41, 5.74) is 1.97. The standard InChI is InChI=1S/C19H20N2O2S2/c22-19(11-14-7-10-24-13-14)21-8-3-1-2-5-16(21)15-12-17(23-20-15)18-6-4-9-25-18/h4,6-7,9-10,12-13,16H,1-3,5,8,11H2/t16-/m0/s1. The molecule has 130 valence electrons. The smallest absolute Gasteiger partial charge is 0.227 e. The van der Waals surface area contributed by atoms with Crippen LogP contribution in [0.3, 0.4) is 0 Å². The van der Waals surface area contributed by atoms with Gasteiger partial charge in [0.15, 0.2) is 5.76 Å². The first-order valence-corrected chi connectivity index (χ1v) is 10.4. The van der Waals surface area contributed by atoms with Gasteiger partial charge in [0.05, 0.1) is 17.3 Å². The van der Waals surface area contributed by atoms with Crippen LogP contribution in [0, 0.1) is 0 Å². The van der Waals surface area contributed by atoms with E-state index >= 15 is 0 Å². The highest BCUT2D eigenvalue weighted by molar-refractivity contribution is 7.13. The van der Waals surface area contributed by atoms with Gasteiger partial charge in [0.25, 0.3) is 0 Å². The SMILES string of the molecule is O=C(Cc1ccsc1)N1CCCCC[C@H]1c1cc(-c2cccs2)on1. The number of aromatic nitrogens is 1. The van der Waals surface area contributed by atoms with Gasteiger partial charge >= 0.3 is 0 Å². The van der Waals surface area contributed by atoms with Crippen LogP contribution in [0.1, 0.15) is 43.0 Å². The van der Waals surface area contributed by atoms with Gasteiger partial charge in [-0.3, -0.25) is 4.79 Å². The molecule has 0 unspecified atom stereocenters. The Balaban J connectivity index is 1.57. The number of carbonyl (C=O) groups excluding carboxylic acids is 1. The summed E-state index contributed by atoms with van der Waals surface area (Å²) in [6, 6.07) is 8.09. The van der Waals surface area contributed by atoms with Crippen LogP contribution in [0.5, 0.6) is 0 Å². The van der Waals surface area contributed by atoms with Crippen molar-refractivity contribution in [2.45, 2.75) is 38.1 Å². The molecule has 0 aliphatic carbocycles. The number of nitrogens with zero attached hydrogens (tertiary/aromatic N) is 2. The summed E-state index contributed by atoms with van der Waals surface area (Å²) in [6.45, 7) is 0.800. The topological polar surface area (TPSA) is 46.3 Å². The van der Waals surface area contributed by atoms with Gasteiger partial charge < -0.3 is 9.42 Å². The predicted octanol–water partition coefficient (Wildman–Crippen LogP) is 5.15. The average Bonchev–Trinajstić information content (AvgIpc) is 3.35. The van der Waals surface area contributed by atoms with Gasteiger partial charge in [-0.1, -0.05) is 24.1 Å². The van der Waals surface area contributed by atoms with E-state index < -0.39 is 0 Å². The number of hydrogen-bond donors (Lipinski definition) is 0. The van der Waals surface area contributed by atoms with Crippen molar-refractivity contribution >= 4 is 28.6 Å². The van der Waals surface area contributed by atoms with Crippen molar-refractivity contribution in [3.05, 3.63) is 51.7 Å². The van der Waals surface area contributed by atoms with Crippen LogP contribution < -0.4 is 0 Å². The third-order valence-corrected chi connectivity index (χ3v) is 6.26. The maximum atomic E-state index is 12.9. The Hall–Kier alpha value is -1.92. The molecule has 1 aliphatic heterocycles. The monoisotopic (exact) mass is 372 g/mol. The van der Waals surface area contributed by atoms with E-state index in [2.05, 4.69) is 10.5 Å². The maximum absolute atomic E-state index is 12.9. The van der Waals surface area contributed by atoms with Crippen LogP contribution in [-0.4, -0.2) is 22.5 Å². The van der Waals surface area contributed by atoms with Crippen molar-refractivity contribution < 1.29 is 9.32 Å². The van der Waals surface area contributed by atoms with E-state index in [-0.39, 0.29) is 11.9 Å². The van der Waals surface area contributed by atoms with Crippen LogP contribution in [0.4, 0.5) is 0 Å². The highest BCUT2D eigenvalue weighted by Crippen LogP contribution is 2.33. The molecule has 1 saturated heterocycles. The quantitative estimate of drug-likeness (QED) is 0.636. The molecule has 1 amide bonds. The van der Waals surface area contributed by atoms with Crippen molar-refractivity contribution in [1.29, 1.82) is 0 Å². The molecule has 0 bridgehead atoms. The lowest BCUT2D eigenvalue weighted by Gasteiger charge is -2.28. The van der Waals surface area contributed by atoms with E-state index in [1.807, 2.05) is 39.9 Å². The van der Waals surface area contributed by atoms with Crippen LogP contribution in [0.2, 0.25) is 0 Å². The van der Waals surface area contributed by atoms with E-state index in [4.69, 9.17) is 4.52 Å².